The lowest BCUT2D eigenvalue weighted by atomic mass is 9.70. The third-order valence-electron chi connectivity index (χ3n) is 13.5. The number of rotatable bonds is 2. The molecule has 0 fully saturated rings. The monoisotopic (exact) mass is 756 g/mol. The maximum atomic E-state index is 3.81. The predicted octanol–water partition coefficient (Wildman–Crippen LogP) is 12.3. The molecular formula is C53H41Br. The Bertz CT molecular complexity index is 3080. The molecule has 0 saturated carbocycles. The first kappa shape index (κ1) is 32.2. The third kappa shape index (κ3) is 4.14. The lowest BCUT2D eigenvalue weighted by molar-refractivity contribution is 0.629. The summed E-state index contributed by atoms with van der Waals surface area (Å²) in [6, 6.07) is 48.7. The van der Waals surface area contributed by atoms with Gasteiger partial charge in [0.25, 0.3) is 0 Å². The average molecular weight is 758 g/mol. The van der Waals surface area contributed by atoms with Gasteiger partial charge in [0.15, 0.2) is 0 Å². The van der Waals surface area contributed by atoms with Crippen molar-refractivity contribution in [3.63, 3.8) is 0 Å². The Morgan fingerprint density at radius 1 is 0.426 bits per heavy atom. The summed E-state index contributed by atoms with van der Waals surface area (Å²) in [4.78, 5) is 0. The minimum Gasteiger partial charge on any atom is -0.0619 e. The third-order valence-corrected chi connectivity index (χ3v) is 14.0. The molecular weight excluding hydrogens is 716 g/mol. The van der Waals surface area contributed by atoms with E-state index in [0.29, 0.717) is 0 Å². The molecule has 4 aliphatic carbocycles. The summed E-state index contributed by atoms with van der Waals surface area (Å²) in [5.41, 5.74) is 21.3. The van der Waals surface area contributed by atoms with Gasteiger partial charge in [0, 0.05) is 20.7 Å². The molecule has 0 atom stereocenters. The van der Waals surface area contributed by atoms with Crippen molar-refractivity contribution in [3.05, 3.63) is 197 Å². The van der Waals surface area contributed by atoms with Crippen LogP contribution in [0.25, 0.3) is 56.7 Å². The number of hydrogen-bond donors (Lipinski definition) is 0. The molecule has 0 nitrogen and oxygen atoms in total. The molecule has 0 unspecified atom stereocenters. The van der Waals surface area contributed by atoms with Crippen molar-refractivity contribution in [3.8, 4) is 44.5 Å². The van der Waals surface area contributed by atoms with E-state index in [1.165, 1.54) is 110 Å². The van der Waals surface area contributed by atoms with Gasteiger partial charge in [0.2, 0.25) is 0 Å². The van der Waals surface area contributed by atoms with Gasteiger partial charge in [-0.15, -0.1) is 0 Å². The molecule has 0 amide bonds. The highest BCUT2D eigenvalue weighted by atomic mass is 79.9. The van der Waals surface area contributed by atoms with Crippen LogP contribution in [0.4, 0.5) is 0 Å². The van der Waals surface area contributed by atoms with Crippen LogP contribution < -0.4 is 10.4 Å². The van der Waals surface area contributed by atoms with E-state index >= 15 is 0 Å². The summed E-state index contributed by atoms with van der Waals surface area (Å²) in [5, 5.41) is 5.31. The highest BCUT2D eigenvalue weighted by Gasteiger charge is 2.38. The van der Waals surface area contributed by atoms with E-state index in [0.717, 1.165) is 4.47 Å². The van der Waals surface area contributed by atoms with Crippen molar-refractivity contribution in [2.75, 3.05) is 0 Å². The molecule has 11 rings (SSSR count). The fraction of sp³-hybridized carbons (Fsp3) is 0.170. The first-order chi connectivity index (χ1) is 25.9. The normalized spacial score (nSPS) is 16.4. The lowest BCUT2D eigenvalue weighted by Crippen LogP contribution is -2.33. The topological polar surface area (TPSA) is 0 Å². The molecule has 260 valence electrons. The van der Waals surface area contributed by atoms with Crippen LogP contribution in [0.1, 0.15) is 86.1 Å². The fourth-order valence-corrected chi connectivity index (χ4v) is 11.0. The summed E-state index contributed by atoms with van der Waals surface area (Å²) in [6.45, 7) is 14.4. The van der Waals surface area contributed by atoms with Gasteiger partial charge in [0.1, 0.15) is 0 Å². The van der Waals surface area contributed by atoms with Crippen molar-refractivity contribution < 1.29 is 0 Å². The van der Waals surface area contributed by atoms with Crippen LogP contribution in [0.5, 0.6) is 0 Å². The summed E-state index contributed by atoms with van der Waals surface area (Å²) in [7, 11) is 0. The highest BCUT2D eigenvalue weighted by Crippen LogP contribution is 2.51. The zero-order valence-electron chi connectivity index (χ0n) is 31.7. The molecule has 54 heavy (non-hydrogen) atoms. The molecule has 0 heterocycles. The van der Waals surface area contributed by atoms with Crippen LogP contribution in [-0.2, 0) is 16.2 Å². The maximum Gasteiger partial charge on any atom is 0.0178 e. The number of fused-ring (bicyclic) bond motifs is 10. The summed E-state index contributed by atoms with van der Waals surface area (Å²) in [6.07, 6.45) is 4.94. The van der Waals surface area contributed by atoms with Gasteiger partial charge in [-0.25, -0.2) is 0 Å². The molecule has 0 spiro atoms. The van der Waals surface area contributed by atoms with Gasteiger partial charge in [-0.2, -0.15) is 0 Å². The van der Waals surface area contributed by atoms with Crippen LogP contribution in [-0.4, -0.2) is 0 Å². The van der Waals surface area contributed by atoms with Crippen LogP contribution in [0.15, 0.2) is 132 Å². The van der Waals surface area contributed by atoms with E-state index in [2.05, 4.69) is 197 Å². The van der Waals surface area contributed by atoms with E-state index in [4.69, 9.17) is 0 Å². The van der Waals surface area contributed by atoms with Crippen molar-refractivity contribution in [1.82, 2.24) is 0 Å². The van der Waals surface area contributed by atoms with Gasteiger partial charge in [-0.05, 0) is 152 Å². The van der Waals surface area contributed by atoms with Crippen LogP contribution >= 0.6 is 15.9 Å². The Hall–Kier alpha value is -5.24. The van der Waals surface area contributed by atoms with Crippen LogP contribution in [0.2, 0.25) is 0 Å². The first-order valence-electron chi connectivity index (χ1n) is 19.3. The van der Waals surface area contributed by atoms with E-state index in [9.17, 15) is 0 Å². The quantitative estimate of drug-likeness (QED) is 0.165. The Morgan fingerprint density at radius 2 is 1.00 bits per heavy atom. The van der Waals surface area contributed by atoms with Crippen LogP contribution in [0, 0.1) is 10.4 Å². The summed E-state index contributed by atoms with van der Waals surface area (Å²) < 4.78 is 1.12. The first-order valence-corrected chi connectivity index (χ1v) is 20.1. The lowest BCUT2D eigenvalue weighted by Gasteiger charge is -2.33. The maximum absolute atomic E-state index is 3.81. The number of hydrogen-bond acceptors (Lipinski definition) is 0. The Labute approximate surface area is 326 Å². The van der Waals surface area contributed by atoms with Crippen molar-refractivity contribution >= 4 is 28.1 Å². The second kappa shape index (κ2) is 10.7. The zero-order valence-corrected chi connectivity index (χ0v) is 33.2. The molecule has 0 radical (unpaired) electrons. The van der Waals surface area contributed by atoms with Gasteiger partial charge in [0.05, 0.1) is 0 Å². The Morgan fingerprint density at radius 3 is 1.69 bits per heavy atom. The van der Waals surface area contributed by atoms with E-state index in [1.807, 2.05) is 0 Å². The predicted molar refractivity (Wildman–Crippen MR) is 229 cm³/mol. The molecule has 0 N–H and O–H groups in total. The highest BCUT2D eigenvalue weighted by molar-refractivity contribution is 9.10. The smallest absolute Gasteiger partial charge is 0.0178 e. The van der Waals surface area contributed by atoms with Gasteiger partial charge >= 0.3 is 0 Å². The molecule has 0 aromatic heterocycles. The van der Waals surface area contributed by atoms with Crippen molar-refractivity contribution in [1.29, 1.82) is 0 Å². The summed E-state index contributed by atoms with van der Waals surface area (Å²) >= 11 is 3.81. The van der Waals surface area contributed by atoms with Crippen LogP contribution in [0.3, 0.4) is 0 Å². The minimum atomic E-state index is -0.208. The zero-order chi connectivity index (χ0) is 36.9. The van der Waals surface area contributed by atoms with E-state index < -0.39 is 0 Å². The number of benzene rings is 7. The molecule has 7 aromatic carbocycles. The standard InChI is InChI=1S/C53H41Br/c1-51(2)43-16-9-7-13-36(43)38-22-19-30(26-46(38)51)35-15-11-12-32-25-40-41(49(32)35)29-48-42(24-31-18-21-34(54)28-45(31)53(48,5)6)50(40)33-20-23-39-37-14-8-10-17-44(37)52(3,4)47(39)27-33/h7-29H,1-6H3. The van der Waals surface area contributed by atoms with Gasteiger partial charge in [-0.1, -0.05) is 155 Å². The largest absolute Gasteiger partial charge is 0.0619 e. The molecule has 0 bridgehead atoms. The Kier molecular flexibility index (Phi) is 6.39. The number of halogens is 1. The average Bonchev–Trinajstić information content (AvgIpc) is 3.74. The molecule has 4 aliphatic rings. The van der Waals surface area contributed by atoms with Crippen molar-refractivity contribution in [2.45, 2.75) is 57.8 Å². The molecule has 1 heteroatoms. The molecule has 0 aliphatic heterocycles. The Balaban J connectivity index is 1.23. The molecule has 7 aromatic rings. The molecule has 0 saturated heterocycles. The second-order valence-corrected chi connectivity index (χ2v) is 18.4. The van der Waals surface area contributed by atoms with Gasteiger partial charge in [-0.3, -0.25) is 0 Å². The van der Waals surface area contributed by atoms with Crippen molar-refractivity contribution in [2.24, 2.45) is 0 Å². The van der Waals surface area contributed by atoms with Gasteiger partial charge < -0.3 is 0 Å². The van der Waals surface area contributed by atoms with E-state index in [1.54, 1.807) is 0 Å². The second-order valence-electron chi connectivity index (χ2n) is 17.5. The minimum absolute atomic E-state index is 0.0569. The SMILES string of the molecule is CC1(C)c2ccccc2-c2ccc(-c3c4c(cc5c3=Cc3ccc(Br)cc3C5(C)C)=c3c(-c5ccc6c(c5)C(C)(C)c5ccccc5-6)cccc3=C4)cc21. The fourth-order valence-electron chi connectivity index (χ4n) is 10.7. The summed E-state index contributed by atoms with van der Waals surface area (Å²) in [5.74, 6) is 0. The van der Waals surface area contributed by atoms with E-state index in [-0.39, 0.29) is 16.2 Å².